The van der Waals surface area contributed by atoms with Crippen LogP contribution >= 0.6 is 11.6 Å². The summed E-state index contributed by atoms with van der Waals surface area (Å²) in [7, 11) is -3.91. The zero-order valence-electron chi connectivity index (χ0n) is 16.4. The number of carbonyl (C=O) groups is 1. The molecule has 0 aromatic heterocycles. The van der Waals surface area contributed by atoms with Crippen LogP contribution in [0.5, 0.6) is 0 Å². The van der Waals surface area contributed by atoms with Crippen molar-refractivity contribution < 1.29 is 26.4 Å². The van der Waals surface area contributed by atoms with E-state index in [1.165, 1.54) is 40.7 Å². The number of fused-ring (bicyclic) bond motifs is 1. The van der Waals surface area contributed by atoms with E-state index >= 15 is 0 Å². The van der Waals surface area contributed by atoms with Crippen LogP contribution in [0.2, 0.25) is 5.02 Å². The molecule has 1 N–H and O–H groups in total. The van der Waals surface area contributed by atoms with Crippen LogP contribution in [0, 0.1) is 17.5 Å². The molecule has 3 aromatic carbocycles. The average Bonchev–Trinajstić information content (AvgIpc) is 2.72. The van der Waals surface area contributed by atoms with Crippen molar-refractivity contribution in [1.82, 2.24) is 0 Å². The molecule has 0 spiro atoms. The van der Waals surface area contributed by atoms with E-state index in [-0.39, 0.29) is 17.1 Å². The van der Waals surface area contributed by atoms with Gasteiger partial charge in [0.05, 0.1) is 10.6 Å². The Morgan fingerprint density at radius 3 is 2.28 bits per heavy atom. The second kappa shape index (κ2) is 8.48. The molecule has 0 saturated heterocycles. The van der Waals surface area contributed by atoms with Crippen molar-refractivity contribution in [1.29, 1.82) is 0 Å². The normalized spacial score (nSPS) is 13.6. The average molecular weight is 481 g/mol. The smallest absolute Gasteiger partial charge is 0.264 e. The number of hydrogen-bond acceptors (Lipinski definition) is 3. The lowest BCUT2D eigenvalue weighted by Crippen LogP contribution is -2.35. The van der Waals surface area contributed by atoms with Gasteiger partial charge in [0.2, 0.25) is 0 Å². The molecule has 0 atom stereocenters. The van der Waals surface area contributed by atoms with Crippen molar-refractivity contribution in [3.05, 3.63) is 88.2 Å². The Balaban J connectivity index is 1.68. The van der Waals surface area contributed by atoms with E-state index in [9.17, 15) is 26.4 Å². The maximum atomic E-state index is 13.9. The molecule has 1 heterocycles. The van der Waals surface area contributed by atoms with Crippen molar-refractivity contribution in [2.45, 2.75) is 17.7 Å². The van der Waals surface area contributed by atoms with Crippen molar-refractivity contribution >= 4 is 38.9 Å². The first-order valence-corrected chi connectivity index (χ1v) is 11.4. The number of nitrogens with one attached hydrogen (secondary N) is 1. The third-order valence-corrected chi connectivity index (χ3v) is 7.13. The molecule has 10 heteroatoms. The Bertz CT molecular complexity index is 1290. The van der Waals surface area contributed by atoms with Crippen LogP contribution in [0.4, 0.5) is 24.5 Å². The van der Waals surface area contributed by atoms with E-state index in [0.717, 1.165) is 5.56 Å². The molecule has 166 valence electrons. The second-order valence-electron chi connectivity index (χ2n) is 7.18. The molecule has 0 aliphatic carbocycles. The standard InChI is InChI=1S/C22H16ClF3N2O3S/c23-14-4-7-17(8-5-14)32(30,31)28-9-1-2-13-3-6-16(12-20(13)28)27-22(29)21-18(25)10-15(24)11-19(21)26/h3-8,10-12H,1-2,9H2,(H,27,29). The number of amides is 1. The molecule has 1 aliphatic rings. The Labute approximate surface area is 187 Å². The molecule has 1 amide bonds. The molecule has 0 saturated carbocycles. The molecule has 0 bridgehead atoms. The van der Waals surface area contributed by atoms with Crippen LogP contribution < -0.4 is 9.62 Å². The van der Waals surface area contributed by atoms with Crippen LogP contribution in [-0.4, -0.2) is 20.9 Å². The van der Waals surface area contributed by atoms with Gasteiger partial charge in [-0.2, -0.15) is 0 Å². The van der Waals surface area contributed by atoms with E-state index in [4.69, 9.17) is 11.6 Å². The summed E-state index contributed by atoms with van der Waals surface area (Å²) < 4.78 is 68.6. The van der Waals surface area contributed by atoms with Crippen LogP contribution in [0.1, 0.15) is 22.3 Å². The quantitative estimate of drug-likeness (QED) is 0.561. The number of sulfonamides is 1. The minimum atomic E-state index is -3.91. The number of anilines is 2. The maximum Gasteiger partial charge on any atom is 0.264 e. The predicted molar refractivity (Wildman–Crippen MR) is 115 cm³/mol. The predicted octanol–water partition coefficient (Wildman–Crippen LogP) is 5.15. The fourth-order valence-corrected chi connectivity index (χ4v) is 5.21. The Morgan fingerprint density at radius 2 is 1.62 bits per heavy atom. The summed E-state index contributed by atoms with van der Waals surface area (Å²) in [6.45, 7) is 0.219. The first-order valence-electron chi connectivity index (χ1n) is 9.54. The maximum absolute atomic E-state index is 13.9. The number of benzene rings is 3. The second-order valence-corrected chi connectivity index (χ2v) is 9.48. The Kier molecular flexibility index (Phi) is 5.87. The minimum Gasteiger partial charge on any atom is -0.322 e. The van der Waals surface area contributed by atoms with Gasteiger partial charge in [-0.1, -0.05) is 17.7 Å². The number of hydrogen-bond donors (Lipinski definition) is 1. The summed E-state index contributed by atoms with van der Waals surface area (Å²) in [5.41, 5.74) is 0.292. The first kappa shape index (κ1) is 22.2. The van der Waals surface area contributed by atoms with E-state index in [1.807, 2.05) is 0 Å². The van der Waals surface area contributed by atoms with Crippen LogP contribution in [0.25, 0.3) is 0 Å². The molecule has 0 unspecified atom stereocenters. The third-order valence-electron chi connectivity index (χ3n) is 5.05. The molecule has 0 radical (unpaired) electrons. The van der Waals surface area contributed by atoms with Gasteiger partial charge in [-0.15, -0.1) is 0 Å². The number of carbonyl (C=O) groups excluding carboxylic acids is 1. The largest absolute Gasteiger partial charge is 0.322 e. The fourth-order valence-electron chi connectivity index (χ4n) is 3.55. The van der Waals surface area contributed by atoms with Crippen LogP contribution in [0.3, 0.4) is 0 Å². The molecule has 1 aliphatic heterocycles. The first-order chi connectivity index (χ1) is 15.2. The van der Waals surface area contributed by atoms with Gasteiger partial charge in [-0.3, -0.25) is 9.10 Å². The summed E-state index contributed by atoms with van der Waals surface area (Å²) >= 11 is 5.86. The van der Waals surface area contributed by atoms with Gasteiger partial charge >= 0.3 is 0 Å². The minimum absolute atomic E-state index is 0.0552. The van der Waals surface area contributed by atoms with E-state index in [2.05, 4.69) is 5.32 Å². The lowest BCUT2D eigenvalue weighted by Gasteiger charge is -2.31. The Hall–Kier alpha value is -3.04. The topological polar surface area (TPSA) is 66.5 Å². The van der Waals surface area contributed by atoms with Crippen molar-refractivity contribution in [3.8, 4) is 0 Å². The monoisotopic (exact) mass is 480 g/mol. The van der Waals surface area contributed by atoms with Gasteiger partial charge < -0.3 is 5.32 Å². The molecule has 3 aromatic rings. The van der Waals surface area contributed by atoms with Crippen molar-refractivity contribution in [2.75, 3.05) is 16.2 Å². The molecule has 0 fully saturated rings. The van der Waals surface area contributed by atoms with Crippen LogP contribution in [-0.2, 0) is 16.4 Å². The molecule has 32 heavy (non-hydrogen) atoms. The van der Waals surface area contributed by atoms with Crippen LogP contribution in [0.15, 0.2) is 59.5 Å². The summed E-state index contributed by atoms with van der Waals surface area (Å²) in [4.78, 5) is 12.5. The highest BCUT2D eigenvalue weighted by molar-refractivity contribution is 7.92. The van der Waals surface area contributed by atoms with Crippen molar-refractivity contribution in [3.63, 3.8) is 0 Å². The highest BCUT2D eigenvalue weighted by Crippen LogP contribution is 2.34. The zero-order valence-corrected chi connectivity index (χ0v) is 18.0. The van der Waals surface area contributed by atoms with Gasteiger partial charge in [-0.25, -0.2) is 21.6 Å². The van der Waals surface area contributed by atoms with Gasteiger partial charge in [0.15, 0.2) is 0 Å². The number of aryl methyl sites for hydroxylation is 1. The highest BCUT2D eigenvalue weighted by Gasteiger charge is 2.29. The molecular formula is C22H16ClF3N2O3S. The summed E-state index contributed by atoms with van der Waals surface area (Å²) in [5, 5.41) is 2.74. The lowest BCUT2D eigenvalue weighted by atomic mass is 10.0. The number of halogens is 4. The summed E-state index contributed by atoms with van der Waals surface area (Å²) in [6.07, 6.45) is 1.22. The third kappa shape index (κ3) is 4.18. The SMILES string of the molecule is O=C(Nc1ccc2c(c1)N(S(=O)(=O)c1ccc(Cl)cc1)CCC2)c1c(F)cc(F)cc1F. The molecular weight excluding hydrogens is 465 g/mol. The lowest BCUT2D eigenvalue weighted by molar-refractivity contribution is 0.101. The van der Waals surface area contributed by atoms with Gasteiger partial charge in [-0.05, 0) is 54.8 Å². The Morgan fingerprint density at radius 1 is 0.969 bits per heavy atom. The van der Waals surface area contributed by atoms with E-state index in [0.29, 0.717) is 35.7 Å². The van der Waals surface area contributed by atoms with Gasteiger partial charge in [0, 0.05) is 29.4 Å². The number of rotatable bonds is 4. The van der Waals surface area contributed by atoms with Gasteiger partial charge in [0.1, 0.15) is 23.0 Å². The highest BCUT2D eigenvalue weighted by atomic mass is 35.5. The van der Waals surface area contributed by atoms with E-state index < -0.39 is 38.9 Å². The summed E-state index contributed by atoms with van der Waals surface area (Å²) in [6, 6.07) is 11.1. The summed E-state index contributed by atoms with van der Waals surface area (Å²) in [5.74, 6) is -4.95. The fraction of sp³-hybridized carbons (Fsp3) is 0.136. The number of nitrogens with zero attached hydrogens (tertiary/aromatic N) is 1. The molecule has 4 rings (SSSR count). The van der Waals surface area contributed by atoms with Gasteiger partial charge in [0.25, 0.3) is 15.9 Å². The zero-order chi connectivity index (χ0) is 23.0. The van der Waals surface area contributed by atoms with Crippen molar-refractivity contribution in [2.24, 2.45) is 0 Å². The van der Waals surface area contributed by atoms with E-state index in [1.54, 1.807) is 6.07 Å². The molecule has 5 nitrogen and oxygen atoms in total.